The SMILES string of the molecule is CCCCN1C[C@H](c2ccc(OC)cc2)[C@@H](CC(=O)Nc2ccc(Br)cc2)C1=O. The van der Waals surface area contributed by atoms with Crippen LogP contribution in [0, 0.1) is 5.92 Å². The Bertz CT molecular complexity index is 836. The zero-order valence-corrected chi connectivity index (χ0v) is 18.4. The summed E-state index contributed by atoms with van der Waals surface area (Å²) in [6.07, 6.45) is 2.18. The van der Waals surface area contributed by atoms with Gasteiger partial charge in [0.1, 0.15) is 5.75 Å². The van der Waals surface area contributed by atoms with Crippen molar-refractivity contribution in [1.82, 2.24) is 4.90 Å². The number of carbonyl (C=O) groups excluding carboxylic acids is 2. The first-order chi connectivity index (χ1) is 14.0. The molecule has 2 atom stereocenters. The van der Waals surface area contributed by atoms with Crippen molar-refractivity contribution in [2.24, 2.45) is 5.92 Å². The van der Waals surface area contributed by atoms with E-state index in [1.807, 2.05) is 53.4 Å². The van der Waals surface area contributed by atoms with Crippen molar-refractivity contribution >= 4 is 33.4 Å². The Morgan fingerprint density at radius 1 is 1.17 bits per heavy atom. The fraction of sp³-hybridized carbons (Fsp3) is 0.391. The van der Waals surface area contributed by atoms with Crippen LogP contribution in [0.25, 0.3) is 0 Å². The Balaban J connectivity index is 1.75. The van der Waals surface area contributed by atoms with Gasteiger partial charge in [0.2, 0.25) is 11.8 Å². The lowest BCUT2D eigenvalue weighted by Gasteiger charge is -2.17. The van der Waals surface area contributed by atoms with Crippen LogP contribution in [0.2, 0.25) is 0 Å². The molecule has 1 heterocycles. The third-order valence-corrected chi connectivity index (χ3v) is 5.92. The van der Waals surface area contributed by atoms with Gasteiger partial charge in [-0.25, -0.2) is 0 Å². The number of methoxy groups -OCH3 is 1. The van der Waals surface area contributed by atoms with Crippen molar-refractivity contribution in [2.45, 2.75) is 32.1 Å². The molecule has 6 heteroatoms. The highest BCUT2D eigenvalue weighted by Crippen LogP contribution is 2.37. The fourth-order valence-electron chi connectivity index (χ4n) is 3.78. The number of unbranched alkanes of at least 4 members (excludes halogenated alkanes) is 1. The van der Waals surface area contributed by atoms with E-state index in [1.54, 1.807) is 7.11 Å². The van der Waals surface area contributed by atoms with E-state index in [-0.39, 0.29) is 30.1 Å². The molecule has 0 spiro atoms. The normalized spacial score (nSPS) is 18.7. The van der Waals surface area contributed by atoms with Gasteiger partial charge in [-0.2, -0.15) is 0 Å². The van der Waals surface area contributed by atoms with Crippen LogP contribution in [0.5, 0.6) is 5.75 Å². The smallest absolute Gasteiger partial charge is 0.226 e. The molecule has 0 aliphatic carbocycles. The number of carbonyl (C=O) groups is 2. The standard InChI is InChI=1S/C23H27BrN2O3/c1-3-4-13-26-15-21(16-5-11-19(29-2)12-6-16)20(23(26)28)14-22(27)25-18-9-7-17(24)8-10-18/h5-12,20-21H,3-4,13-15H2,1-2H3,(H,25,27)/t20-,21-/m1/s1. The van der Waals surface area contributed by atoms with Crippen LogP contribution in [0.1, 0.15) is 37.7 Å². The summed E-state index contributed by atoms with van der Waals surface area (Å²) in [6.45, 7) is 3.51. The summed E-state index contributed by atoms with van der Waals surface area (Å²) in [7, 11) is 1.63. The highest BCUT2D eigenvalue weighted by atomic mass is 79.9. The minimum Gasteiger partial charge on any atom is -0.497 e. The summed E-state index contributed by atoms with van der Waals surface area (Å²) >= 11 is 3.39. The first-order valence-corrected chi connectivity index (χ1v) is 10.8. The predicted molar refractivity (Wildman–Crippen MR) is 118 cm³/mol. The van der Waals surface area contributed by atoms with E-state index in [0.717, 1.165) is 40.9 Å². The molecule has 1 aliphatic rings. The van der Waals surface area contributed by atoms with Gasteiger partial charge in [-0.3, -0.25) is 9.59 Å². The zero-order valence-electron chi connectivity index (χ0n) is 16.9. The van der Waals surface area contributed by atoms with Crippen molar-refractivity contribution in [3.05, 3.63) is 58.6 Å². The van der Waals surface area contributed by atoms with Gasteiger partial charge in [-0.15, -0.1) is 0 Å². The number of halogens is 1. The Morgan fingerprint density at radius 3 is 2.48 bits per heavy atom. The molecular formula is C23H27BrN2O3. The van der Waals surface area contributed by atoms with Crippen molar-refractivity contribution in [2.75, 3.05) is 25.5 Å². The van der Waals surface area contributed by atoms with Crippen molar-refractivity contribution in [3.8, 4) is 5.75 Å². The van der Waals surface area contributed by atoms with Crippen molar-refractivity contribution < 1.29 is 14.3 Å². The minimum atomic E-state index is -0.351. The van der Waals surface area contributed by atoms with E-state index in [2.05, 4.69) is 28.2 Å². The topological polar surface area (TPSA) is 58.6 Å². The summed E-state index contributed by atoms with van der Waals surface area (Å²) in [5.41, 5.74) is 1.80. The maximum Gasteiger partial charge on any atom is 0.226 e. The van der Waals surface area contributed by atoms with Gasteiger partial charge in [0.25, 0.3) is 0 Å². The number of anilines is 1. The van der Waals surface area contributed by atoms with Crippen LogP contribution in [0.4, 0.5) is 5.69 Å². The summed E-state index contributed by atoms with van der Waals surface area (Å²) in [6, 6.07) is 15.3. The Kier molecular flexibility index (Phi) is 7.31. The van der Waals surface area contributed by atoms with Gasteiger partial charge in [0.15, 0.2) is 0 Å². The number of nitrogens with one attached hydrogen (secondary N) is 1. The third-order valence-electron chi connectivity index (χ3n) is 5.39. The van der Waals surface area contributed by atoms with E-state index in [4.69, 9.17) is 4.74 Å². The summed E-state index contributed by atoms with van der Waals surface area (Å²) in [4.78, 5) is 27.7. The lowest BCUT2D eigenvalue weighted by molar-refractivity contribution is -0.133. The first-order valence-electron chi connectivity index (χ1n) is 10.00. The second-order valence-electron chi connectivity index (χ2n) is 7.38. The van der Waals surface area contributed by atoms with E-state index in [1.165, 1.54) is 0 Å². The Morgan fingerprint density at radius 2 is 1.86 bits per heavy atom. The highest BCUT2D eigenvalue weighted by molar-refractivity contribution is 9.10. The van der Waals surface area contributed by atoms with Gasteiger partial charge < -0.3 is 15.0 Å². The van der Waals surface area contributed by atoms with E-state index in [9.17, 15) is 9.59 Å². The van der Waals surface area contributed by atoms with Crippen molar-refractivity contribution in [3.63, 3.8) is 0 Å². The quantitative estimate of drug-likeness (QED) is 0.616. The molecule has 2 amide bonds. The molecule has 0 radical (unpaired) electrons. The highest BCUT2D eigenvalue weighted by Gasteiger charge is 2.41. The lowest BCUT2D eigenvalue weighted by Crippen LogP contribution is -2.30. The molecule has 1 fully saturated rings. The molecule has 0 bridgehead atoms. The average molecular weight is 459 g/mol. The summed E-state index contributed by atoms with van der Waals surface area (Å²) in [5, 5.41) is 2.91. The predicted octanol–water partition coefficient (Wildman–Crippen LogP) is 4.83. The number of likely N-dealkylation sites (tertiary alicyclic amines) is 1. The molecule has 1 N–H and O–H groups in total. The van der Waals surface area contributed by atoms with Crippen LogP contribution in [-0.2, 0) is 9.59 Å². The van der Waals surface area contributed by atoms with Crippen LogP contribution < -0.4 is 10.1 Å². The van der Waals surface area contributed by atoms with Crippen LogP contribution in [0.15, 0.2) is 53.0 Å². The monoisotopic (exact) mass is 458 g/mol. The van der Waals surface area contributed by atoms with Crippen LogP contribution >= 0.6 is 15.9 Å². The van der Waals surface area contributed by atoms with Gasteiger partial charge in [-0.05, 0) is 48.4 Å². The zero-order chi connectivity index (χ0) is 20.8. The molecule has 3 rings (SSSR count). The molecule has 5 nitrogen and oxygen atoms in total. The molecular weight excluding hydrogens is 432 g/mol. The maximum atomic E-state index is 13.1. The summed E-state index contributed by atoms with van der Waals surface area (Å²) < 4.78 is 6.20. The third kappa shape index (κ3) is 5.38. The molecule has 2 aromatic carbocycles. The molecule has 1 saturated heterocycles. The lowest BCUT2D eigenvalue weighted by atomic mass is 9.86. The van der Waals surface area contributed by atoms with Gasteiger partial charge in [-0.1, -0.05) is 41.4 Å². The number of benzene rings is 2. The van der Waals surface area contributed by atoms with E-state index >= 15 is 0 Å². The fourth-order valence-corrected chi connectivity index (χ4v) is 4.04. The summed E-state index contributed by atoms with van der Waals surface area (Å²) in [5.74, 6) is 0.369. The van der Waals surface area contributed by atoms with Gasteiger partial charge in [0.05, 0.1) is 13.0 Å². The Labute approximate surface area is 180 Å². The first kappa shape index (κ1) is 21.4. The Hall–Kier alpha value is -2.34. The number of rotatable bonds is 8. The number of hydrogen-bond acceptors (Lipinski definition) is 3. The molecule has 0 saturated carbocycles. The molecule has 2 aromatic rings. The van der Waals surface area contributed by atoms with E-state index in [0.29, 0.717) is 6.54 Å². The van der Waals surface area contributed by atoms with Gasteiger partial charge in [0, 0.05) is 35.6 Å². The molecule has 154 valence electrons. The number of hydrogen-bond donors (Lipinski definition) is 1. The number of nitrogens with zero attached hydrogens (tertiary/aromatic N) is 1. The molecule has 0 unspecified atom stereocenters. The average Bonchev–Trinajstić information content (AvgIpc) is 3.03. The number of amides is 2. The molecule has 1 aliphatic heterocycles. The van der Waals surface area contributed by atoms with Crippen molar-refractivity contribution in [1.29, 1.82) is 0 Å². The minimum absolute atomic E-state index is 0.000861. The number of ether oxygens (including phenoxy) is 1. The van der Waals surface area contributed by atoms with E-state index < -0.39 is 0 Å². The molecule has 0 aromatic heterocycles. The maximum absolute atomic E-state index is 13.1. The molecule has 29 heavy (non-hydrogen) atoms. The van der Waals surface area contributed by atoms with Crippen LogP contribution in [-0.4, -0.2) is 36.9 Å². The second kappa shape index (κ2) is 9.92. The van der Waals surface area contributed by atoms with Crippen LogP contribution in [0.3, 0.4) is 0 Å². The largest absolute Gasteiger partial charge is 0.497 e. The second-order valence-corrected chi connectivity index (χ2v) is 8.30. The van der Waals surface area contributed by atoms with Gasteiger partial charge >= 0.3 is 0 Å².